The van der Waals surface area contributed by atoms with Crippen molar-refractivity contribution in [2.75, 3.05) is 0 Å². The Balaban J connectivity index is 2.40. The lowest BCUT2D eigenvalue weighted by Crippen LogP contribution is -2.29. The molecule has 1 aromatic rings. The molecule has 1 aromatic heterocycles. The molecule has 0 N–H and O–H groups in total. The number of nitrogens with zero attached hydrogens (tertiary/aromatic N) is 1. The van der Waals surface area contributed by atoms with Crippen LogP contribution in [0.3, 0.4) is 0 Å². The molecule has 0 unspecified atom stereocenters. The van der Waals surface area contributed by atoms with Crippen molar-refractivity contribution in [3.05, 3.63) is 33.2 Å². The molecule has 0 radical (unpaired) electrons. The Labute approximate surface area is 108 Å². The molecular weight excluding hydrogens is 226 g/mol. The number of aldehydes is 1. The van der Waals surface area contributed by atoms with Crippen LogP contribution in [0, 0.1) is 0 Å². The Bertz CT molecular complexity index is 488. The number of hydrogen-bond donors (Lipinski definition) is 0. The van der Waals surface area contributed by atoms with Gasteiger partial charge in [-0.25, -0.2) is 0 Å². The molecular formula is C15H21NO2. The third-order valence-electron chi connectivity index (χ3n) is 3.74. The number of fused-ring (bicyclic) bond motifs is 1. The largest absolute Gasteiger partial charge is 0.312 e. The van der Waals surface area contributed by atoms with Gasteiger partial charge >= 0.3 is 0 Å². The summed E-state index contributed by atoms with van der Waals surface area (Å²) in [5.41, 5.74) is 2.61. The number of aromatic nitrogens is 1. The van der Waals surface area contributed by atoms with Crippen LogP contribution in [0.5, 0.6) is 0 Å². The second kappa shape index (κ2) is 5.98. The second-order valence-electron chi connectivity index (χ2n) is 5.06. The second-order valence-corrected chi connectivity index (χ2v) is 5.06. The van der Waals surface area contributed by atoms with Crippen molar-refractivity contribution in [2.45, 2.75) is 58.4 Å². The third kappa shape index (κ3) is 2.55. The molecule has 1 aliphatic rings. The molecule has 3 nitrogen and oxygen atoms in total. The van der Waals surface area contributed by atoms with E-state index < -0.39 is 0 Å². The molecule has 0 bridgehead atoms. The van der Waals surface area contributed by atoms with Crippen LogP contribution in [0.1, 0.15) is 60.6 Å². The topological polar surface area (TPSA) is 39.1 Å². The highest BCUT2D eigenvalue weighted by Gasteiger charge is 2.17. The number of rotatable bonds is 5. The van der Waals surface area contributed by atoms with E-state index in [0.29, 0.717) is 11.8 Å². The maximum atomic E-state index is 12.2. The summed E-state index contributed by atoms with van der Waals surface area (Å²) in [5, 5.41) is 0. The summed E-state index contributed by atoms with van der Waals surface area (Å²) in [6.07, 6.45) is 8.30. The lowest BCUT2D eigenvalue weighted by molar-refractivity contribution is 0.112. The average molecular weight is 247 g/mol. The van der Waals surface area contributed by atoms with Gasteiger partial charge in [0.05, 0.1) is 5.56 Å². The summed E-state index contributed by atoms with van der Waals surface area (Å²) in [6.45, 7) is 2.91. The molecule has 0 fully saturated rings. The van der Waals surface area contributed by atoms with Crippen molar-refractivity contribution in [3.63, 3.8) is 0 Å². The van der Waals surface area contributed by atoms with E-state index in [1.54, 1.807) is 6.07 Å². The predicted molar refractivity (Wildman–Crippen MR) is 72.3 cm³/mol. The molecule has 0 amide bonds. The van der Waals surface area contributed by atoms with Gasteiger partial charge in [-0.1, -0.05) is 19.8 Å². The minimum atomic E-state index is -0.0956. The number of aryl methyl sites for hydroxylation is 1. The highest BCUT2D eigenvalue weighted by atomic mass is 16.1. The van der Waals surface area contributed by atoms with Gasteiger partial charge in [-0.2, -0.15) is 0 Å². The maximum Gasteiger partial charge on any atom is 0.261 e. The number of hydrogen-bond acceptors (Lipinski definition) is 2. The summed E-state index contributed by atoms with van der Waals surface area (Å²) in [5.74, 6) is 0. The molecule has 1 heterocycles. The molecule has 98 valence electrons. The molecule has 0 aliphatic heterocycles. The first-order valence-corrected chi connectivity index (χ1v) is 6.98. The van der Waals surface area contributed by atoms with Crippen LogP contribution >= 0.6 is 0 Å². The zero-order chi connectivity index (χ0) is 13.0. The van der Waals surface area contributed by atoms with E-state index in [-0.39, 0.29) is 5.56 Å². The summed E-state index contributed by atoms with van der Waals surface area (Å²) < 4.78 is 1.86. The fourth-order valence-corrected chi connectivity index (χ4v) is 2.75. The molecule has 0 atom stereocenters. The lowest BCUT2D eigenvalue weighted by atomic mass is 9.94. The fraction of sp³-hybridized carbons (Fsp3) is 0.600. The summed E-state index contributed by atoms with van der Waals surface area (Å²) in [4.78, 5) is 23.2. The normalized spacial score (nSPS) is 14.3. The van der Waals surface area contributed by atoms with Crippen LogP contribution in [0.2, 0.25) is 0 Å². The van der Waals surface area contributed by atoms with Crippen molar-refractivity contribution < 1.29 is 4.79 Å². The highest BCUT2D eigenvalue weighted by molar-refractivity contribution is 5.74. The van der Waals surface area contributed by atoms with Gasteiger partial charge in [0.2, 0.25) is 0 Å². The molecule has 2 rings (SSSR count). The third-order valence-corrected chi connectivity index (χ3v) is 3.74. The van der Waals surface area contributed by atoms with Gasteiger partial charge in [0.1, 0.15) is 0 Å². The number of unbranched alkanes of at least 4 members (excludes halogenated alkanes) is 2. The van der Waals surface area contributed by atoms with Crippen LogP contribution in [0.25, 0.3) is 0 Å². The SMILES string of the molecule is CCCCCn1c2c(cc(C=O)c1=O)CCCC2. The first-order valence-electron chi connectivity index (χ1n) is 6.98. The molecule has 1 aliphatic carbocycles. The van der Waals surface area contributed by atoms with Gasteiger partial charge in [-0.15, -0.1) is 0 Å². The van der Waals surface area contributed by atoms with Crippen LogP contribution in [-0.4, -0.2) is 10.9 Å². The Hall–Kier alpha value is -1.38. The van der Waals surface area contributed by atoms with E-state index in [0.717, 1.165) is 45.1 Å². The first kappa shape index (κ1) is 13.1. The van der Waals surface area contributed by atoms with Gasteiger partial charge < -0.3 is 4.57 Å². The van der Waals surface area contributed by atoms with E-state index in [1.807, 2.05) is 4.57 Å². The van der Waals surface area contributed by atoms with Crippen molar-refractivity contribution in [3.8, 4) is 0 Å². The fourth-order valence-electron chi connectivity index (χ4n) is 2.75. The zero-order valence-corrected chi connectivity index (χ0v) is 11.1. The zero-order valence-electron chi connectivity index (χ0n) is 11.1. The Morgan fingerprint density at radius 1 is 1.28 bits per heavy atom. The minimum absolute atomic E-state index is 0.0956. The summed E-state index contributed by atoms with van der Waals surface area (Å²) in [6, 6.07) is 1.81. The molecule has 3 heteroatoms. The number of carbonyl (C=O) groups is 1. The Morgan fingerprint density at radius 3 is 2.78 bits per heavy atom. The van der Waals surface area contributed by atoms with Gasteiger partial charge in [-0.3, -0.25) is 9.59 Å². The van der Waals surface area contributed by atoms with Crippen LogP contribution < -0.4 is 5.56 Å². The maximum absolute atomic E-state index is 12.2. The van der Waals surface area contributed by atoms with Crippen molar-refractivity contribution >= 4 is 6.29 Å². The van der Waals surface area contributed by atoms with Crippen molar-refractivity contribution in [2.24, 2.45) is 0 Å². The lowest BCUT2D eigenvalue weighted by Gasteiger charge is -2.21. The van der Waals surface area contributed by atoms with Crippen molar-refractivity contribution in [1.82, 2.24) is 4.57 Å². The van der Waals surface area contributed by atoms with E-state index in [2.05, 4.69) is 6.92 Å². The molecule has 0 spiro atoms. The van der Waals surface area contributed by atoms with Crippen molar-refractivity contribution in [1.29, 1.82) is 0 Å². The average Bonchev–Trinajstić information content (AvgIpc) is 2.41. The summed E-state index contributed by atoms with van der Waals surface area (Å²) in [7, 11) is 0. The minimum Gasteiger partial charge on any atom is -0.312 e. The van der Waals surface area contributed by atoms with Gasteiger partial charge in [-0.05, 0) is 43.7 Å². The molecule has 18 heavy (non-hydrogen) atoms. The van der Waals surface area contributed by atoms with E-state index in [4.69, 9.17) is 0 Å². The van der Waals surface area contributed by atoms with Gasteiger partial charge in [0.25, 0.3) is 5.56 Å². The smallest absolute Gasteiger partial charge is 0.261 e. The van der Waals surface area contributed by atoms with E-state index >= 15 is 0 Å². The highest BCUT2D eigenvalue weighted by Crippen LogP contribution is 2.20. The summed E-state index contributed by atoms with van der Waals surface area (Å²) >= 11 is 0. The molecule has 0 saturated heterocycles. The van der Waals surface area contributed by atoms with Crippen LogP contribution in [0.4, 0.5) is 0 Å². The Morgan fingerprint density at radius 2 is 2.06 bits per heavy atom. The van der Waals surface area contributed by atoms with Crippen LogP contribution in [0.15, 0.2) is 10.9 Å². The van der Waals surface area contributed by atoms with E-state index in [1.165, 1.54) is 17.7 Å². The predicted octanol–water partition coefficient (Wildman–Crippen LogP) is 2.73. The van der Waals surface area contributed by atoms with Gasteiger partial charge in [0.15, 0.2) is 6.29 Å². The van der Waals surface area contributed by atoms with Gasteiger partial charge in [0, 0.05) is 12.2 Å². The molecule has 0 saturated carbocycles. The monoisotopic (exact) mass is 247 g/mol. The first-order chi connectivity index (χ1) is 8.77. The molecule has 0 aromatic carbocycles. The Kier molecular flexibility index (Phi) is 4.34. The van der Waals surface area contributed by atoms with E-state index in [9.17, 15) is 9.59 Å². The quantitative estimate of drug-likeness (QED) is 0.593. The standard InChI is InChI=1S/C15H21NO2/c1-2-3-6-9-16-14-8-5-4-7-12(14)10-13(11-17)15(16)18/h10-11H,2-9H2,1H3. The van der Waals surface area contributed by atoms with Crippen LogP contribution in [-0.2, 0) is 19.4 Å². The number of pyridine rings is 1. The number of carbonyl (C=O) groups excluding carboxylic acids is 1.